The van der Waals surface area contributed by atoms with E-state index < -0.39 is 0 Å². The molecule has 0 saturated heterocycles. The number of aromatic amines is 1. The van der Waals surface area contributed by atoms with Crippen LogP contribution >= 0.6 is 22.6 Å². The zero-order valence-corrected chi connectivity index (χ0v) is 9.52. The zero-order valence-electron chi connectivity index (χ0n) is 6.36. The van der Waals surface area contributed by atoms with Gasteiger partial charge in [0.1, 0.15) is 0 Å². The van der Waals surface area contributed by atoms with Crippen molar-refractivity contribution in [3.05, 3.63) is 15.2 Å². The number of rotatable bonds is 1. The molecule has 1 rings (SSSR count). The fraction of sp³-hybridized carbons (Fsp3) is 0.286. The maximum Gasteiger partial charge on any atom is 0.424 e. The molecule has 0 saturated carbocycles. The fourth-order valence-electron chi connectivity index (χ4n) is 0.697. The third kappa shape index (κ3) is 2.52. The summed E-state index contributed by atoms with van der Waals surface area (Å²) in [5.74, 6) is 0.839. The van der Waals surface area contributed by atoms with Crippen LogP contribution in [-0.2, 0) is 12.6 Å². The van der Waals surface area contributed by atoms with Gasteiger partial charge in [0.15, 0.2) is 0 Å². The highest BCUT2D eigenvalue weighted by Gasteiger charge is 2.17. The number of aromatic nitrogens is 1. The van der Waals surface area contributed by atoms with Crippen LogP contribution in [0.3, 0.4) is 0 Å². The lowest BCUT2D eigenvalue weighted by atomic mass is 10.3. The molecule has 2 nitrogen and oxygen atoms in total. The first-order chi connectivity index (χ1) is 5.09. The molecule has 0 aliphatic carbocycles. The summed E-state index contributed by atoms with van der Waals surface area (Å²) < 4.78 is 6.11. The highest BCUT2D eigenvalue weighted by atomic mass is 127. The van der Waals surface area contributed by atoms with Crippen LogP contribution in [0, 0.1) is 3.90 Å². The molecule has 0 unspecified atom stereocenters. The second-order valence-electron chi connectivity index (χ2n) is 2.46. The molecule has 0 aliphatic rings. The van der Waals surface area contributed by atoms with Crippen molar-refractivity contribution in [2.75, 3.05) is 0 Å². The summed E-state index contributed by atoms with van der Waals surface area (Å²) >= 11 is 5.49. The summed E-state index contributed by atoms with van der Waals surface area (Å²) in [7, 11) is 0. The Morgan fingerprint density at radius 3 is 2.64 bits per heavy atom. The minimum absolute atomic E-state index is 0.778. The minimum Gasteiger partial charge on any atom is -0.388 e. The summed E-state index contributed by atoms with van der Waals surface area (Å²) in [5, 5.41) is 0.885. The highest BCUT2D eigenvalue weighted by molar-refractivity contribution is 14.1. The molecule has 0 radical (unpaired) electrons. The first kappa shape index (κ1) is 9.12. The molecule has 0 fully saturated rings. The van der Waals surface area contributed by atoms with Gasteiger partial charge in [0.25, 0.3) is 5.76 Å². The Morgan fingerprint density at radius 2 is 2.27 bits per heavy atom. The average molecular weight is 283 g/mol. The summed E-state index contributed by atoms with van der Waals surface area (Å²) in [6.07, 6.45) is 1.97. The topological polar surface area (TPSA) is 27.3 Å². The lowest BCUT2D eigenvalue weighted by Gasteiger charge is -1.81. The van der Waals surface area contributed by atoms with Crippen molar-refractivity contribution in [3.8, 4) is 0 Å². The third-order valence-corrected chi connectivity index (χ3v) is 1.95. The van der Waals surface area contributed by atoms with Crippen LogP contribution in [0.5, 0.6) is 0 Å². The third-order valence-electron chi connectivity index (χ3n) is 1.09. The molecule has 4 heteroatoms. The van der Waals surface area contributed by atoms with Gasteiger partial charge in [-0.25, -0.2) is 0 Å². The number of hydrogen-bond acceptors (Lipinski definition) is 1. The van der Waals surface area contributed by atoms with Crippen LogP contribution in [-0.4, -0.2) is 0 Å². The number of hydrogen-bond donors (Lipinski definition) is 0. The monoisotopic (exact) mass is 283 g/mol. The van der Waals surface area contributed by atoms with Crippen molar-refractivity contribution in [1.29, 1.82) is 0 Å². The number of halogens is 1. The van der Waals surface area contributed by atoms with Gasteiger partial charge >= 0.3 is 8.92 Å². The van der Waals surface area contributed by atoms with Gasteiger partial charge < -0.3 is 4.42 Å². The van der Waals surface area contributed by atoms with Gasteiger partial charge in [0, 0.05) is 0 Å². The predicted molar refractivity (Wildman–Crippen MR) is 55.7 cm³/mol. The summed E-state index contributed by atoms with van der Waals surface area (Å²) in [5.41, 5.74) is 1.21. The Labute approximate surface area is 84.6 Å². The molecule has 0 aromatic carbocycles. The highest BCUT2D eigenvalue weighted by Crippen LogP contribution is 2.11. The van der Waals surface area contributed by atoms with E-state index in [0.29, 0.717) is 0 Å². The fourth-order valence-corrected chi connectivity index (χ4v) is 1.69. The van der Waals surface area contributed by atoms with Gasteiger partial charge in [-0.05, 0) is 19.9 Å². The standard InChI is InChI=1S/C7H8INOS/c1-4(2)3-5-6(11)9-7(8)10-5/h3,11H,1-2H3/p+2. The first-order valence-corrected chi connectivity index (χ1v) is 4.75. The molecule has 1 aromatic heterocycles. The van der Waals surface area contributed by atoms with Gasteiger partial charge in [-0.2, -0.15) is 0 Å². The van der Waals surface area contributed by atoms with E-state index in [4.69, 9.17) is 4.42 Å². The van der Waals surface area contributed by atoms with Crippen molar-refractivity contribution in [2.24, 2.45) is 0 Å². The normalized spacial score (nSPS) is 9.82. The molecule has 1 heterocycles. The Kier molecular flexibility index (Phi) is 3.00. The van der Waals surface area contributed by atoms with Crippen molar-refractivity contribution >= 4 is 41.3 Å². The van der Waals surface area contributed by atoms with Crippen molar-refractivity contribution in [2.45, 2.75) is 18.9 Å². The van der Waals surface area contributed by atoms with Crippen LogP contribution in [0.25, 0.3) is 6.08 Å². The molecule has 0 aliphatic heterocycles. The largest absolute Gasteiger partial charge is 0.424 e. The smallest absolute Gasteiger partial charge is 0.388 e. The van der Waals surface area contributed by atoms with E-state index in [1.807, 2.05) is 19.9 Å². The molecule has 1 aromatic rings. The van der Waals surface area contributed by atoms with Crippen molar-refractivity contribution in [1.82, 2.24) is 0 Å². The van der Waals surface area contributed by atoms with E-state index in [1.54, 1.807) is 0 Å². The molecule has 11 heavy (non-hydrogen) atoms. The second-order valence-corrected chi connectivity index (χ2v) is 3.94. The molecule has 0 amide bonds. The SMILES string of the molecule is CC(C)=Cc1oc(I)[nH+]c1[SH2+]. The van der Waals surface area contributed by atoms with Gasteiger partial charge in [0.05, 0.1) is 35.2 Å². The van der Waals surface area contributed by atoms with Crippen LogP contribution in [0.4, 0.5) is 0 Å². The molecular formula is C7H10INOS+2. The van der Waals surface area contributed by atoms with Crippen LogP contribution < -0.4 is 4.98 Å². The quantitative estimate of drug-likeness (QED) is 0.567. The Morgan fingerprint density at radius 1 is 1.64 bits per heavy atom. The molecule has 1 N–H and O–H groups in total. The molecule has 0 spiro atoms. The Hall–Kier alpha value is 0.0300. The molecule has 0 bridgehead atoms. The lowest BCUT2D eigenvalue weighted by Crippen LogP contribution is -2.03. The van der Waals surface area contributed by atoms with Gasteiger partial charge in [0.2, 0.25) is 0 Å². The van der Waals surface area contributed by atoms with Gasteiger partial charge in [-0.3, -0.25) is 0 Å². The molecule has 0 atom stereocenters. The second kappa shape index (κ2) is 3.62. The van der Waals surface area contributed by atoms with E-state index in [1.165, 1.54) is 5.57 Å². The van der Waals surface area contributed by atoms with Crippen LogP contribution in [0.15, 0.2) is 15.0 Å². The number of allylic oxidation sites excluding steroid dienone is 1. The first-order valence-electron chi connectivity index (χ1n) is 3.17. The Bertz CT molecular complexity index is 289. The molecular weight excluding hydrogens is 273 g/mol. The van der Waals surface area contributed by atoms with Crippen LogP contribution in [0.2, 0.25) is 0 Å². The van der Waals surface area contributed by atoms with Gasteiger partial charge in [-0.15, -0.1) is 4.98 Å². The summed E-state index contributed by atoms with van der Waals surface area (Å²) in [6.45, 7) is 4.06. The van der Waals surface area contributed by atoms with Crippen molar-refractivity contribution in [3.63, 3.8) is 0 Å². The number of H-pyrrole nitrogens is 1. The number of oxazole rings is 1. The number of nitrogens with one attached hydrogen (secondary N) is 1. The maximum absolute atomic E-state index is 5.33. The van der Waals surface area contributed by atoms with Gasteiger partial charge in [-0.1, -0.05) is 5.57 Å². The lowest BCUT2D eigenvalue weighted by molar-refractivity contribution is -0.445. The average Bonchev–Trinajstić information content (AvgIpc) is 2.09. The van der Waals surface area contributed by atoms with E-state index in [0.717, 1.165) is 14.7 Å². The van der Waals surface area contributed by atoms with E-state index in [-0.39, 0.29) is 0 Å². The Balaban J connectivity index is 3.04. The minimum atomic E-state index is 0.778. The summed E-state index contributed by atoms with van der Waals surface area (Å²) in [4.78, 5) is 3.00. The van der Waals surface area contributed by atoms with E-state index >= 15 is 0 Å². The van der Waals surface area contributed by atoms with E-state index in [9.17, 15) is 0 Å². The zero-order chi connectivity index (χ0) is 8.43. The van der Waals surface area contributed by atoms with E-state index in [2.05, 4.69) is 40.2 Å². The van der Waals surface area contributed by atoms with Crippen LogP contribution in [0.1, 0.15) is 19.6 Å². The predicted octanol–water partition coefficient (Wildman–Crippen LogP) is 1.49. The van der Waals surface area contributed by atoms with Crippen molar-refractivity contribution < 1.29 is 9.40 Å². The molecule has 60 valence electrons. The maximum atomic E-state index is 5.33. The summed E-state index contributed by atoms with van der Waals surface area (Å²) in [6, 6.07) is 0.